The lowest BCUT2D eigenvalue weighted by Gasteiger charge is -2.21. The maximum absolute atomic E-state index is 9.44. The van der Waals surface area contributed by atoms with E-state index in [4.69, 9.17) is 0 Å². The summed E-state index contributed by atoms with van der Waals surface area (Å²) in [6.07, 6.45) is 4.63. The number of phenolic OH excluding ortho intramolecular Hbond substituents is 1. The highest BCUT2D eigenvalue weighted by atomic mass is 16.3. The minimum Gasteiger partial charge on any atom is -0.508 e. The van der Waals surface area contributed by atoms with E-state index in [1.54, 1.807) is 17.7 Å². The fourth-order valence-electron chi connectivity index (χ4n) is 3.28. The van der Waals surface area contributed by atoms with Crippen LogP contribution in [0.1, 0.15) is 58.7 Å². The number of unbranched alkanes of at least 4 members (excludes halogenated alkanes) is 1. The SMILES string of the molecule is CCCCc1c(C)c(C)c(Cc2ccc(O)cc2)c(C)c1C. The molecule has 0 unspecified atom stereocenters. The minimum absolute atomic E-state index is 0.333. The molecular weight excluding hydrogens is 268 g/mol. The van der Waals surface area contributed by atoms with Crippen LogP contribution in [-0.4, -0.2) is 5.11 Å². The van der Waals surface area contributed by atoms with Crippen molar-refractivity contribution in [2.75, 3.05) is 0 Å². The highest BCUT2D eigenvalue weighted by molar-refractivity contribution is 5.51. The molecule has 2 aromatic rings. The molecule has 1 nitrogen and oxygen atoms in total. The van der Waals surface area contributed by atoms with Crippen molar-refractivity contribution in [3.05, 3.63) is 63.2 Å². The Bertz CT molecular complexity index is 622. The standard InChI is InChI=1S/C21H28O/c1-6-7-8-20-14(2)16(4)21(17(5)15(20)3)13-18-9-11-19(22)12-10-18/h9-12,22H,6-8,13H2,1-5H3. The maximum atomic E-state index is 9.44. The molecular formula is C21H28O. The van der Waals surface area contributed by atoms with E-state index < -0.39 is 0 Å². The molecule has 0 saturated carbocycles. The third-order valence-corrected chi connectivity index (χ3v) is 5.03. The number of rotatable bonds is 5. The van der Waals surface area contributed by atoms with Crippen molar-refractivity contribution in [1.82, 2.24) is 0 Å². The van der Waals surface area contributed by atoms with E-state index in [-0.39, 0.29) is 0 Å². The van der Waals surface area contributed by atoms with Gasteiger partial charge in [0.25, 0.3) is 0 Å². The molecule has 0 atom stereocenters. The molecule has 1 heteroatoms. The van der Waals surface area contributed by atoms with Crippen LogP contribution in [0.5, 0.6) is 5.75 Å². The summed E-state index contributed by atoms with van der Waals surface area (Å²) in [4.78, 5) is 0. The molecule has 0 fully saturated rings. The van der Waals surface area contributed by atoms with Crippen molar-refractivity contribution >= 4 is 0 Å². The number of phenols is 1. The molecule has 0 heterocycles. The van der Waals surface area contributed by atoms with Crippen LogP contribution in [0, 0.1) is 27.7 Å². The van der Waals surface area contributed by atoms with E-state index >= 15 is 0 Å². The van der Waals surface area contributed by atoms with Gasteiger partial charge in [-0.2, -0.15) is 0 Å². The van der Waals surface area contributed by atoms with Crippen LogP contribution < -0.4 is 0 Å². The lowest BCUT2D eigenvalue weighted by atomic mass is 9.84. The highest BCUT2D eigenvalue weighted by Crippen LogP contribution is 2.29. The number of hydrogen-bond donors (Lipinski definition) is 1. The largest absolute Gasteiger partial charge is 0.508 e. The molecule has 0 aliphatic heterocycles. The molecule has 0 amide bonds. The monoisotopic (exact) mass is 296 g/mol. The normalized spacial score (nSPS) is 11.0. The third-order valence-electron chi connectivity index (χ3n) is 5.03. The molecule has 0 aliphatic carbocycles. The van der Waals surface area contributed by atoms with Gasteiger partial charge in [-0.1, -0.05) is 25.5 Å². The molecule has 2 aromatic carbocycles. The molecule has 1 N–H and O–H groups in total. The Morgan fingerprint density at radius 2 is 1.27 bits per heavy atom. The molecule has 0 saturated heterocycles. The average Bonchev–Trinajstić information content (AvgIpc) is 2.51. The summed E-state index contributed by atoms with van der Waals surface area (Å²) in [6, 6.07) is 7.58. The van der Waals surface area contributed by atoms with Gasteiger partial charge in [-0.25, -0.2) is 0 Å². The van der Waals surface area contributed by atoms with Crippen LogP contribution in [0.3, 0.4) is 0 Å². The summed E-state index contributed by atoms with van der Waals surface area (Å²) in [7, 11) is 0. The van der Waals surface area contributed by atoms with E-state index in [9.17, 15) is 5.11 Å². The first-order valence-corrected chi connectivity index (χ1v) is 8.31. The zero-order valence-corrected chi connectivity index (χ0v) is 14.6. The third kappa shape index (κ3) is 3.35. The van der Waals surface area contributed by atoms with Gasteiger partial charge in [0, 0.05) is 0 Å². The van der Waals surface area contributed by atoms with Crippen LogP contribution in [0.4, 0.5) is 0 Å². The second-order valence-corrected chi connectivity index (χ2v) is 6.40. The zero-order valence-electron chi connectivity index (χ0n) is 14.6. The van der Waals surface area contributed by atoms with Gasteiger partial charge in [-0.15, -0.1) is 0 Å². The highest BCUT2D eigenvalue weighted by Gasteiger charge is 2.14. The Morgan fingerprint density at radius 1 is 0.773 bits per heavy atom. The number of benzene rings is 2. The van der Waals surface area contributed by atoms with Crippen molar-refractivity contribution in [3.63, 3.8) is 0 Å². The first kappa shape index (κ1) is 16.6. The molecule has 0 aromatic heterocycles. The molecule has 2 rings (SSSR count). The fraction of sp³-hybridized carbons (Fsp3) is 0.429. The van der Waals surface area contributed by atoms with Gasteiger partial charge in [0.15, 0.2) is 0 Å². The second kappa shape index (κ2) is 7.00. The topological polar surface area (TPSA) is 20.2 Å². The molecule has 0 radical (unpaired) electrons. The summed E-state index contributed by atoms with van der Waals surface area (Å²) in [5.74, 6) is 0.333. The summed E-state index contributed by atoms with van der Waals surface area (Å²) in [5, 5.41) is 9.44. The molecule has 0 spiro atoms. The maximum Gasteiger partial charge on any atom is 0.115 e. The van der Waals surface area contributed by atoms with Crippen LogP contribution in [0.15, 0.2) is 24.3 Å². The first-order valence-electron chi connectivity index (χ1n) is 8.31. The lowest BCUT2D eigenvalue weighted by molar-refractivity contribution is 0.475. The van der Waals surface area contributed by atoms with Crippen molar-refractivity contribution in [2.24, 2.45) is 0 Å². The van der Waals surface area contributed by atoms with Gasteiger partial charge in [-0.3, -0.25) is 0 Å². The Morgan fingerprint density at radius 3 is 1.77 bits per heavy atom. The Balaban J connectivity index is 2.42. The van der Waals surface area contributed by atoms with E-state index in [0.717, 1.165) is 6.42 Å². The van der Waals surface area contributed by atoms with Gasteiger partial charge in [0.2, 0.25) is 0 Å². The average molecular weight is 296 g/mol. The molecule has 0 bridgehead atoms. The number of hydrogen-bond acceptors (Lipinski definition) is 1. The van der Waals surface area contributed by atoms with Crippen LogP contribution in [-0.2, 0) is 12.8 Å². The van der Waals surface area contributed by atoms with E-state index in [1.165, 1.54) is 52.6 Å². The molecule has 22 heavy (non-hydrogen) atoms. The predicted molar refractivity (Wildman–Crippen MR) is 94.9 cm³/mol. The van der Waals surface area contributed by atoms with Crippen molar-refractivity contribution in [3.8, 4) is 5.75 Å². The predicted octanol–water partition coefficient (Wildman–Crippen LogP) is 5.56. The Labute approximate surface area is 135 Å². The smallest absolute Gasteiger partial charge is 0.115 e. The minimum atomic E-state index is 0.333. The summed E-state index contributed by atoms with van der Waals surface area (Å²) >= 11 is 0. The Hall–Kier alpha value is -1.76. The lowest BCUT2D eigenvalue weighted by Crippen LogP contribution is -2.06. The van der Waals surface area contributed by atoms with Crippen molar-refractivity contribution in [1.29, 1.82) is 0 Å². The van der Waals surface area contributed by atoms with Crippen LogP contribution in [0.25, 0.3) is 0 Å². The molecule has 118 valence electrons. The van der Waals surface area contributed by atoms with Gasteiger partial charge in [-0.05, 0) is 98.0 Å². The second-order valence-electron chi connectivity index (χ2n) is 6.40. The summed E-state index contributed by atoms with van der Waals surface area (Å²) in [6.45, 7) is 11.3. The van der Waals surface area contributed by atoms with Gasteiger partial charge in [0.05, 0.1) is 0 Å². The fourth-order valence-corrected chi connectivity index (χ4v) is 3.28. The van der Waals surface area contributed by atoms with Crippen LogP contribution in [0.2, 0.25) is 0 Å². The summed E-state index contributed by atoms with van der Waals surface area (Å²) < 4.78 is 0. The van der Waals surface area contributed by atoms with Gasteiger partial charge in [0.1, 0.15) is 5.75 Å². The van der Waals surface area contributed by atoms with Gasteiger partial charge < -0.3 is 5.11 Å². The molecule has 0 aliphatic rings. The van der Waals surface area contributed by atoms with E-state index in [2.05, 4.69) is 34.6 Å². The van der Waals surface area contributed by atoms with Gasteiger partial charge >= 0.3 is 0 Å². The number of aromatic hydroxyl groups is 1. The van der Waals surface area contributed by atoms with Crippen LogP contribution >= 0.6 is 0 Å². The van der Waals surface area contributed by atoms with Crippen molar-refractivity contribution < 1.29 is 5.11 Å². The zero-order chi connectivity index (χ0) is 16.3. The quantitative estimate of drug-likeness (QED) is 0.766. The van der Waals surface area contributed by atoms with E-state index in [0.29, 0.717) is 5.75 Å². The summed E-state index contributed by atoms with van der Waals surface area (Å²) in [5.41, 5.74) is 10.0. The van der Waals surface area contributed by atoms with Crippen molar-refractivity contribution in [2.45, 2.75) is 60.3 Å². The Kier molecular flexibility index (Phi) is 5.28. The first-order chi connectivity index (χ1) is 10.5. The van der Waals surface area contributed by atoms with E-state index in [1.807, 2.05) is 12.1 Å².